The quantitative estimate of drug-likeness (QED) is 0.0550. The van der Waals surface area contributed by atoms with Gasteiger partial charge in [0.05, 0.1) is 58.7 Å². The molecular formula is C47H59N13O8S. The second-order valence-electron chi connectivity index (χ2n) is 17.8. The summed E-state index contributed by atoms with van der Waals surface area (Å²) in [5.41, 5.74) is 10.9. The summed E-state index contributed by atoms with van der Waals surface area (Å²) in [6.07, 6.45) is 1.49. The van der Waals surface area contributed by atoms with E-state index >= 15 is 0 Å². The number of aliphatic hydroxyl groups excluding tert-OH is 1. The number of amides is 6. The van der Waals surface area contributed by atoms with Crippen molar-refractivity contribution in [2.24, 2.45) is 30.0 Å². The predicted molar refractivity (Wildman–Crippen MR) is 258 cm³/mol. The monoisotopic (exact) mass is 965 g/mol. The van der Waals surface area contributed by atoms with Gasteiger partial charge >= 0.3 is 0 Å². The molecule has 0 bridgehead atoms. The molecule has 6 rings (SSSR count). The molecule has 69 heavy (non-hydrogen) atoms. The van der Waals surface area contributed by atoms with E-state index in [2.05, 4.69) is 51.8 Å². The van der Waals surface area contributed by atoms with Gasteiger partial charge in [0.2, 0.25) is 29.5 Å². The largest absolute Gasteiger partial charge is 0.494 e. The fourth-order valence-corrected chi connectivity index (χ4v) is 9.15. The third-order valence-electron chi connectivity index (χ3n) is 11.7. The molecule has 1 saturated heterocycles. The van der Waals surface area contributed by atoms with Gasteiger partial charge in [0.25, 0.3) is 5.91 Å². The molecule has 21 nitrogen and oxygen atoms in total. The summed E-state index contributed by atoms with van der Waals surface area (Å²) in [6.45, 7) is 7.13. The van der Waals surface area contributed by atoms with Gasteiger partial charge in [0, 0.05) is 52.0 Å². The maximum atomic E-state index is 14.4. The molecule has 4 heterocycles. The van der Waals surface area contributed by atoms with E-state index in [1.165, 1.54) is 25.1 Å². The van der Waals surface area contributed by atoms with Gasteiger partial charge in [-0.3, -0.25) is 33.4 Å². The number of benzene rings is 2. The molecule has 366 valence electrons. The van der Waals surface area contributed by atoms with Crippen LogP contribution in [-0.2, 0) is 37.6 Å². The predicted octanol–water partition coefficient (Wildman–Crippen LogP) is 3.47. The van der Waals surface area contributed by atoms with Crippen molar-refractivity contribution in [2.75, 3.05) is 37.9 Å². The summed E-state index contributed by atoms with van der Waals surface area (Å²) < 4.78 is 7.24. The Labute approximate surface area is 403 Å². The molecular weight excluding hydrogens is 907 g/mol. The highest BCUT2D eigenvalue weighted by molar-refractivity contribution is 7.13. The van der Waals surface area contributed by atoms with Crippen LogP contribution in [-0.4, -0.2) is 115 Å². The van der Waals surface area contributed by atoms with E-state index < -0.39 is 71.4 Å². The Bertz CT molecular complexity index is 2660. The van der Waals surface area contributed by atoms with Gasteiger partial charge in [0.1, 0.15) is 12.4 Å². The Balaban J connectivity index is 1.01. The molecule has 8 N–H and O–H groups in total. The maximum absolute atomic E-state index is 14.4. The number of ether oxygens (including phenoxy) is 1. The molecule has 3 aromatic heterocycles. The number of anilines is 3. The maximum Gasteiger partial charge on any atom is 0.273 e. The molecule has 6 amide bonds. The number of nitrogens with two attached hydrogens (primary N) is 1. The van der Waals surface area contributed by atoms with E-state index in [9.17, 15) is 33.9 Å². The van der Waals surface area contributed by atoms with E-state index in [1.54, 1.807) is 53.1 Å². The fraction of sp³-hybridized carbons (Fsp3) is 0.426. The van der Waals surface area contributed by atoms with E-state index in [0.717, 1.165) is 21.7 Å². The molecule has 0 spiro atoms. The van der Waals surface area contributed by atoms with Gasteiger partial charge in [-0.1, -0.05) is 57.5 Å². The van der Waals surface area contributed by atoms with Gasteiger partial charge in [0.15, 0.2) is 23.1 Å². The van der Waals surface area contributed by atoms with Crippen molar-refractivity contribution < 1.29 is 38.6 Å². The number of nitrogens with zero attached hydrogens (tertiary/aromatic N) is 7. The van der Waals surface area contributed by atoms with E-state index in [4.69, 9.17) is 10.5 Å². The number of aryl methyl sites for hydroxylation is 2. The van der Waals surface area contributed by atoms with Crippen molar-refractivity contribution in [3.8, 4) is 27.6 Å². The van der Waals surface area contributed by atoms with Crippen molar-refractivity contribution in [3.63, 3.8) is 0 Å². The summed E-state index contributed by atoms with van der Waals surface area (Å²) in [5.74, 6) is -4.25. The van der Waals surface area contributed by atoms with Crippen molar-refractivity contribution in [3.05, 3.63) is 77.3 Å². The van der Waals surface area contributed by atoms with Gasteiger partial charge in [-0.25, -0.2) is 9.97 Å². The zero-order valence-electron chi connectivity index (χ0n) is 39.7. The van der Waals surface area contributed by atoms with Crippen LogP contribution >= 0.6 is 11.3 Å². The lowest BCUT2D eigenvalue weighted by molar-refractivity contribution is -0.149. The number of carbonyl (C=O) groups excluding carboxylic acids is 6. The molecule has 2 aromatic carbocycles. The third-order valence-corrected chi connectivity index (χ3v) is 12.7. The lowest BCUT2D eigenvalue weighted by Crippen LogP contribution is -2.53. The van der Waals surface area contributed by atoms with E-state index in [-0.39, 0.29) is 49.6 Å². The normalized spacial score (nSPS) is 15.4. The smallest absolute Gasteiger partial charge is 0.273 e. The van der Waals surface area contributed by atoms with Crippen LogP contribution in [0.15, 0.2) is 60.4 Å². The second kappa shape index (κ2) is 22.6. The average molecular weight is 966 g/mol. The lowest BCUT2D eigenvalue weighted by Gasteiger charge is -2.38. The summed E-state index contributed by atoms with van der Waals surface area (Å²) in [7, 11) is 4.66. The van der Waals surface area contributed by atoms with Crippen LogP contribution in [0.5, 0.6) is 5.75 Å². The number of unbranched alkanes of at least 4 members (excludes halogenated alkanes) is 1. The molecule has 0 aliphatic carbocycles. The number of aromatic nitrogens is 6. The van der Waals surface area contributed by atoms with Crippen molar-refractivity contribution in [1.29, 1.82) is 0 Å². The number of hydrogen-bond donors (Lipinski definition) is 7. The zero-order valence-corrected chi connectivity index (χ0v) is 40.5. The first-order chi connectivity index (χ1) is 32.9. The molecule has 1 aliphatic heterocycles. The zero-order chi connectivity index (χ0) is 50.0. The average Bonchev–Trinajstić information content (AvgIpc) is 4.07. The number of hydrogen-bond acceptors (Lipinski definition) is 15. The minimum Gasteiger partial charge on any atom is -0.494 e. The summed E-state index contributed by atoms with van der Waals surface area (Å²) in [5, 5.41) is 36.8. The van der Waals surface area contributed by atoms with E-state index in [1.807, 2.05) is 52.0 Å². The molecule has 1 aliphatic rings. The number of nitrogens with one attached hydrogen (secondary N) is 5. The first kappa shape index (κ1) is 51.1. The standard InChI is InChI=1S/C47H59N13O8S/c1-26-41(69-25-53-26)28-17-15-27(16-18-28)21-51-44(65)34-19-29(61)23-60(34)46(67)38(47(2,3)4)30(42(48)64)11-8-9-14-36(62)50-22-37(63)55-35-20-33(39(57-56-35)45(66)49-5)54-32-13-10-12-31(40(32)68-7)43-52-24-59(6)58-43/h10,12-13,15-18,20,24-25,29-30,34,38,61H,8-9,11,14,19,21-23H2,1-7H3,(H2,48,64)(H,49,66)(H,50,62)(H,51,65)(H2,54,55,56,63)/t29-,30?,34+,38-/m1/s1. The van der Waals surface area contributed by atoms with Crippen molar-refractivity contribution >= 4 is 64.0 Å². The highest BCUT2D eigenvalue weighted by atomic mass is 32.1. The summed E-state index contributed by atoms with van der Waals surface area (Å²) in [4.78, 5) is 90.7. The van der Waals surface area contributed by atoms with Crippen LogP contribution in [0.25, 0.3) is 21.8 Å². The number of β-amino-alcohol motifs (C(OH)–C–C–N with tert-alkyl or cyclic N) is 1. The van der Waals surface area contributed by atoms with Gasteiger partial charge in [-0.15, -0.1) is 21.5 Å². The Hall–Kier alpha value is -7.33. The van der Waals surface area contributed by atoms with Crippen LogP contribution in [0, 0.1) is 24.2 Å². The van der Waals surface area contributed by atoms with Gasteiger partial charge in [-0.2, -0.15) is 5.10 Å². The highest BCUT2D eigenvalue weighted by Crippen LogP contribution is 2.39. The first-order valence-electron chi connectivity index (χ1n) is 22.4. The third kappa shape index (κ3) is 12.8. The Morgan fingerprint density at radius 1 is 0.986 bits per heavy atom. The van der Waals surface area contributed by atoms with Crippen molar-refractivity contribution in [2.45, 2.75) is 78.5 Å². The summed E-state index contributed by atoms with van der Waals surface area (Å²) in [6, 6.07) is 13.5. The molecule has 4 atom stereocenters. The minimum absolute atomic E-state index is 0.00465. The Morgan fingerprint density at radius 2 is 1.74 bits per heavy atom. The molecule has 1 unspecified atom stereocenters. The number of rotatable bonds is 20. The van der Waals surface area contributed by atoms with Crippen LogP contribution < -0.4 is 37.1 Å². The van der Waals surface area contributed by atoms with Crippen LogP contribution in [0.4, 0.5) is 17.2 Å². The molecule has 22 heteroatoms. The summed E-state index contributed by atoms with van der Waals surface area (Å²) >= 11 is 1.55. The van der Waals surface area contributed by atoms with Crippen molar-refractivity contribution in [1.82, 2.24) is 50.8 Å². The number of carbonyl (C=O) groups is 6. The number of methoxy groups -OCH3 is 1. The molecule has 0 saturated carbocycles. The fourth-order valence-electron chi connectivity index (χ4n) is 8.34. The minimum atomic E-state index is -0.957. The SMILES string of the molecule is CNC(=O)c1nnc(NC(=O)CNC(=O)CCCCC(C(N)=O)[C@H](C(=O)N2C[C@H](O)C[C@H]2C(=O)NCc2ccc(-c3scnc3C)cc2)C(C)(C)C)cc1Nc1cccc(-c2ncn(C)n2)c1OC. The number of para-hydroxylation sites is 1. The molecule has 0 radical (unpaired) electrons. The van der Waals surface area contributed by atoms with Crippen LogP contribution in [0.3, 0.4) is 0 Å². The molecule has 1 fully saturated rings. The number of aliphatic hydroxyl groups is 1. The van der Waals surface area contributed by atoms with Gasteiger partial charge in [-0.05, 0) is 48.4 Å². The Morgan fingerprint density at radius 3 is 2.38 bits per heavy atom. The first-order valence-corrected chi connectivity index (χ1v) is 23.3. The topological polar surface area (TPSA) is 291 Å². The second-order valence-corrected chi connectivity index (χ2v) is 18.7. The van der Waals surface area contributed by atoms with E-state index in [0.29, 0.717) is 35.7 Å². The van der Waals surface area contributed by atoms with Gasteiger partial charge < -0.3 is 47.1 Å². The lowest BCUT2D eigenvalue weighted by atomic mass is 9.70. The molecule has 5 aromatic rings. The van der Waals surface area contributed by atoms with Crippen LogP contribution in [0.2, 0.25) is 0 Å². The Kier molecular flexibility index (Phi) is 16.8. The number of primary amides is 1. The number of likely N-dealkylation sites (tertiary alicyclic amines) is 1. The highest BCUT2D eigenvalue weighted by Gasteiger charge is 2.47. The number of thiazole rings is 1. The van der Waals surface area contributed by atoms with Crippen LogP contribution in [0.1, 0.15) is 74.6 Å².